The maximum Gasteiger partial charge on any atom is 0.435 e. The van der Waals surface area contributed by atoms with Crippen molar-refractivity contribution in [2.45, 2.75) is 12.7 Å². The Morgan fingerprint density at radius 2 is 2.14 bits per heavy atom. The number of carbonyl (C=O) groups excluding carboxylic acids is 1. The largest absolute Gasteiger partial charge is 0.465 e. The molecule has 112 valence electrons. The van der Waals surface area contributed by atoms with E-state index in [0.29, 0.717) is 4.68 Å². The summed E-state index contributed by atoms with van der Waals surface area (Å²) in [6, 6.07) is 5.45. The predicted molar refractivity (Wildman–Crippen MR) is 65.6 cm³/mol. The minimum Gasteiger partial charge on any atom is -0.465 e. The summed E-state index contributed by atoms with van der Waals surface area (Å²) in [7, 11) is 1.18. The SMILES string of the molecule is COC(=O)c1cccc(-n2nnc(CN)c2C(F)(F)F)c1. The minimum atomic E-state index is -4.67. The van der Waals surface area contributed by atoms with E-state index in [9.17, 15) is 18.0 Å². The molecule has 1 aromatic heterocycles. The van der Waals surface area contributed by atoms with Crippen LogP contribution in [0, 0.1) is 0 Å². The van der Waals surface area contributed by atoms with E-state index in [2.05, 4.69) is 15.0 Å². The first kappa shape index (κ1) is 15.0. The lowest BCUT2D eigenvalue weighted by Crippen LogP contribution is -2.17. The Labute approximate surface area is 117 Å². The molecule has 0 aliphatic carbocycles. The molecular formula is C12H11F3N4O2. The van der Waals surface area contributed by atoms with Crippen molar-refractivity contribution in [2.75, 3.05) is 7.11 Å². The molecule has 0 saturated carbocycles. The van der Waals surface area contributed by atoms with Crippen molar-refractivity contribution < 1.29 is 22.7 Å². The smallest absolute Gasteiger partial charge is 0.435 e. The number of nitrogens with two attached hydrogens (primary N) is 1. The van der Waals surface area contributed by atoms with Crippen molar-refractivity contribution in [3.63, 3.8) is 0 Å². The Balaban J connectivity index is 2.57. The van der Waals surface area contributed by atoms with E-state index in [1.807, 2.05) is 0 Å². The van der Waals surface area contributed by atoms with E-state index >= 15 is 0 Å². The Kier molecular flexibility index (Phi) is 3.94. The number of hydrogen-bond acceptors (Lipinski definition) is 5. The zero-order chi connectivity index (χ0) is 15.6. The number of halogens is 3. The number of rotatable bonds is 3. The van der Waals surface area contributed by atoms with Gasteiger partial charge in [-0.25, -0.2) is 9.48 Å². The first-order chi connectivity index (χ1) is 9.88. The highest BCUT2D eigenvalue weighted by molar-refractivity contribution is 5.89. The summed E-state index contributed by atoms with van der Waals surface area (Å²) in [4.78, 5) is 11.4. The molecule has 2 N–H and O–H groups in total. The number of hydrogen-bond donors (Lipinski definition) is 1. The molecular weight excluding hydrogens is 289 g/mol. The Hall–Kier alpha value is -2.42. The molecule has 2 rings (SSSR count). The number of aromatic nitrogens is 3. The lowest BCUT2D eigenvalue weighted by molar-refractivity contribution is -0.143. The Morgan fingerprint density at radius 3 is 2.71 bits per heavy atom. The summed E-state index contributed by atoms with van der Waals surface area (Å²) in [5, 5.41) is 6.89. The van der Waals surface area contributed by atoms with E-state index in [-0.39, 0.29) is 16.9 Å². The van der Waals surface area contributed by atoms with Crippen molar-refractivity contribution >= 4 is 5.97 Å². The zero-order valence-electron chi connectivity index (χ0n) is 10.9. The molecule has 1 aromatic carbocycles. The maximum atomic E-state index is 13.1. The fourth-order valence-corrected chi connectivity index (χ4v) is 1.80. The van der Waals surface area contributed by atoms with Gasteiger partial charge in [-0.1, -0.05) is 11.3 Å². The predicted octanol–water partition coefficient (Wildman–Crippen LogP) is 1.53. The number of alkyl halides is 3. The van der Waals surface area contributed by atoms with Crippen molar-refractivity contribution in [1.29, 1.82) is 0 Å². The van der Waals surface area contributed by atoms with Crippen LogP contribution in [-0.4, -0.2) is 28.1 Å². The lowest BCUT2D eigenvalue weighted by Gasteiger charge is -2.11. The van der Waals surface area contributed by atoms with Gasteiger partial charge in [0.1, 0.15) is 5.69 Å². The van der Waals surface area contributed by atoms with Crippen LogP contribution in [-0.2, 0) is 17.5 Å². The van der Waals surface area contributed by atoms with E-state index in [0.717, 1.165) is 0 Å². The average Bonchev–Trinajstić information content (AvgIpc) is 2.90. The first-order valence-electron chi connectivity index (χ1n) is 5.79. The Morgan fingerprint density at radius 1 is 1.43 bits per heavy atom. The topological polar surface area (TPSA) is 83.0 Å². The van der Waals surface area contributed by atoms with Gasteiger partial charge in [0.25, 0.3) is 0 Å². The minimum absolute atomic E-state index is 0.0393. The van der Waals surface area contributed by atoms with Gasteiger partial charge in [0.2, 0.25) is 0 Å². The van der Waals surface area contributed by atoms with E-state index in [4.69, 9.17) is 5.73 Å². The number of nitrogens with zero attached hydrogens (tertiary/aromatic N) is 3. The van der Waals surface area contributed by atoms with E-state index < -0.39 is 24.4 Å². The van der Waals surface area contributed by atoms with Gasteiger partial charge >= 0.3 is 12.1 Å². The third-order valence-corrected chi connectivity index (χ3v) is 2.71. The lowest BCUT2D eigenvalue weighted by atomic mass is 10.2. The molecule has 6 nitrogen and oxygen atoms in total. The summed E-state index contributed by atoms with van der Waals surface area (Å²) >= 11 is 0. The van der Waals surface area contributed by atoms with Crippen LogP contribution in [0.4, 0.5) is 13.2 Å². The molecule has 0 spiro atoms. The normalized spacial score (nSPS) is 11.5. The number of esters is 1. The van der Waals surface area contributed by atoms with Gasteiger partial charge in [-0.2, -0.15) is 13.2 Å². The number of carbonyl (C=O) groups is 1. The Bertz CT molecular complexity index is 667. The van der Waals surface area contributed by atoms with Crippen LogP contribution in [0.2, 0.25) is 0 Å². The molecule has 0 unspecified atom stereocenters. The van der Waals surface area contributed by atoms with Gasteiger partial charge < -0.3 is 10.5 Å². The van der Waals surface area contributed by atoms with Gasteiger partial charge in [0, 0.05) is 6.54 Å². The molecule has 9 heteroatoms. The highest BCUT2D eigenvalue weighted by atomic mass is 19.4. The van der Waals surface area contributed by atoms with E-state index in [1.165, 1.54) is 31.4 Å². The van der Waals surface area contributed by atoms with Crippen LogP contribution in [0.5, 0.6) is 0 Å². The zero-order valence-corrected chi connectivity index (χ0v) is 10.9. The van der Waals surface area contributed by atoms with Crippen molar-refractivity contribution in [1.82, 2.24) is 15.0 Å². The summed E-state index contributed by atoms with van der Waals surface area (Å²) in [6.07, 6.45) is -4.67. The molecule has 21 heavy (non-hydrogen) atoms. The molecule has 0 aliphatic heterocycles. The quantitative estimate of drug-likeness (QED) is 0.869. The van der Waals surface area contributed by atoms with Crippen molar-refractivity contribution in [3.8, 4) is 5.69 Å². The van der Waals surface area contributed by atoms with Crippen molar-refractivity contribution in [2.24, 2.45) is 5.73 Å². The summed E-state index contributed by atoms with van der Waals surface area (Å²) < 4.78 is 44.4. The second-order valence-electron chi connectivity index (χ2n) is 4.04. The fraction of sp³-hybridized carbons (Fsp3) is 0.250. The average molecular weight is 300 g/mol. The first-order valence-corrected chi connectivity index (χ1v) is 5.79. The number of benzene rings is 1. The molecule has 0 amide bonds. The third-order valence-electron chi connectivity index (χ3n) is 2.71. The van der Waals surface area contributed by atoms with E-state index in [1.54, 1.807) is 0 Å². The van der Waals surface area contributed by atoms with Crippen LogP contribution in [0.1, 0.15) is 21.7 Å². The maximum absolute atomic E-state index is 13.1. The molecule has 0 radical (unpaired) electrons. The van der Waals surface area contributed by atoms with Crippen LogP contribution < -0.4 is 5.73 Å². The van der Waals surface area contributed by atoms with Crippen LogP contribution >= 0.6 is 0 Å². The number of ether oxygens (including phenoxy) is 1. The van der Waals surface area contributed by atoms with Gasteiger partial charge in [-0.3, -0.25) is 0 Å². The van der Waals surface area contributed by atoms with Crippen LogP contribution in [0.25, 0.3) is 5.69 Å². The summed E-state index contributed by atoms with van der Waals surface area (Å²) in [5.74, 6) is -0.662. The van der Waals surface area contributed by atoms with Crippen LogP contribution in [0.3, 0.4) is 0 Å². The summed E-state index contributed by atoms with van der Waals surface area (Å²) in [6.45, 7) is -0.397. The second-order valence-corrected chi connectivity index (χ2v) is 4.04. The summed E-state index contributed by atoms with van der Waals surface area (Å²) in [5.41, 5.74) is 3.96. The molecule has 2 aromatic rings. The highest BCUT2D eigenvalue weighted by Crippen LogP contribution is 2.32. The van der Waals surface area contributed by atoms with Crippen molar-refractivity contribution in [3.05, 3.63) is 41.2 Å². The van der Waals surface area contributed by atoms with Gasteiger partial charge in [0.15, 0.2) is 5.69 Å². The van der Waals surface area contributed by atoms with Gasteiger partial charge in [0.05, 0.1) is 18.4 Å². The molecule has 0 bridgehead atoms. The van der Waals surface area contributed by atoms with Crippen LogP contribution in [0.15, 0.2) is 24.3 Å². The standard InChI is InChI=1S/C12H11F3N4O2/c1-21-11(20)7-3-2-4-8(5-7)19-10(12(13,14)15)9(6-16)17-18-19/h2-5H,6,16H2,1H3. The second kappa shape index (κ2) is 5.52. The molecule has 0 atom stereocenters. The van der Waals surface area contributed by atoms with Gasteiger partial charge in [-0.05, 0) is 18.2 Å². The molecule has 0 fully saturated rings. The fourth-order valence-electron chi connectivity index (χ4n) is 1.80. The third kappa shape index (κ3) is 2.87. The highest BCUT2D eigenvalue weighted by Gasteiger charge is 2.39. The van der Waals surface area contributed by atoms with Gasteiger partial charge in [-0.15, -0.1) is 5.10 Å². The molecule has 0 saturated heterocycles. The molecule has 0 aliphatic rings. The molecule has 1 heterocycles. The monoisotopic (exact) mass is 300 g/mol. The number of methoxy groups -OCH3 is 1.